The monoisotopic (exact) mass is 389 g/mol. The van der Waals surface area contributed by atoms with E-state index in [9.17, 15) is 18.0 Å². The number of aryl methyl sites for hydroxylation is 2. The summed E-state index contributed by atoms with van der Waals surface area (Å²) in [7, 11) is -3.90. The molecule has 0 N–H and O–H groups in total. The van der Waals surface area contributed by atoms with Crippen molar-refractivity contribution in [2.45, 2.75) is 18.7 Å². The molecular weight excluding hydrogens is 370 g/mol. The zero-order chi connectivity index (χ0) is 19.6. The minimum absolute atomic E-state index is 0.0283. The van der Waals surface area contributed by atoms with E-state index in [-0.39, 0.29) is 30.2 Å². The van der Waals surface area contributed by atoms with Crippen LogP contribution in [0.3, 0.4) is 0 Å². The van der Waals surface area contributed by atoms with Crippen molar-refractivity contribution in [3.63, 3.8) is 0 Å². The van der Waals surface area contributed by atoms with Crippen LogP contribution in [0.5, 0.6) is 5.75 Å². The van der Waals surface area contributed by atoms with Gasteiger partial charge in [-0.05, 0) is 49.2 Å². The fraction of sp³-hybridized carbons (Fsp3) is 0.263. The summed E-state index contributed by atoms with van der Waals surface area (Å²) in [5, 5.41) is 0. The molecule has 27 heavy (non-hydrogen) atoms. The van der Waals surface area contributed by atoms with Crippen molar-refractivity contribution in [3.8, 4) is 5.75 Å². The summed E-state index contributed by atoms with van der Waals surface area (Å²) in [6.45, 7) is 3.05. The molecule has 0 spiro atoms. The molecule has 3 rings (SSSR count). The first-order chi connectivity index (χ1) is 12.8. The van der Waals surface area contributed by atoms with Crippen LogP contribution in [-0.4, -0.2) is 44.4 Å². The number of sulfonamides is 1. The molecule has 0 atom stereocenters. The van der Waals surface area contributed by atoms with Crippen LogP contribution in [0.4, 0.5) is 0 Å². The molecular formula is C19H19NO6S. The van der Waals surface area contributed by atoms with Crippen LogP contribution >= 0.6 is 0 Å². The van der Waals surface area contributed by atoms with Crippen molar-refractivity contribution in [2.24, 2.45) is 0 Å². The normalized spacial score (nSPS) is 14.7. The largest absolute Gasteiger partial charge is 0.482 e. The Labute approximate surface area is 157 Å². The first-order valence-corrected chi connectivity index (χ1v) is 9.76. The van der Waals surface area contributed by atoms with Crippen LogP contribution in [0, 0.1) is 13.8 Å². The third kappa shape index (κ3) is 3.95. The molecule has 0 fully saturated rings. The van der Waals surface area contributed by atoms with Gasteiger partial charge in [0, 0.05) is 0 Å². The van der Waals surface area contributed by atoms with Crippen molar-refractivity contribution in [2.75, 3.05) is 19.8 Å². The summed E-state index contributed by atoms with van der Waals surface area (Å²) in [6.07, 6.45) is 0. The first-order valence-electron chi connectivity index (χ1n) is 8.32. The van der Waals surface area contributed by atoms with E-state index in [2.05, 4.69) is 0 Å². The average molecular weight is 389 g/mol. The molecule has 1 aliphatic heterocycles. The second-order valence-corrected chi connectivity index (χ2v) is 8.04. The van der Waals surface area contributed by atoms with Crippen LogP contribution in [-0.2, 0) is 19.6 Å². The number of benzene rings is 2. The lowest BCUT2D eigenvalue weighted by Crippen LogP contribution is -2.34. The molecule has 1 amide bonds. The van der Waals surface area contributed by atoms with E-state index in [0.29, 0.717) is 5.75 Å². The SMILES string of the molecule is Cc1cc(C)cc(OCC(=O)OCCN2C(=O)c3ccccc3S2(=O)=O)c1. The third-order valence-corrected chi connectivity index (χ3v) is 5.86. The number of nitrogens with zero attached hydrogens (tertiary/aromatic N) is 1. The van der Waals surface area contributed by atoms with Crippen molar-refractivity contribution in [1.29, 1.82) is 0 Å². The minimum Gasteiger partial charge on any atom is -0.482 e. The molecule has 7 nitrogen and oxygen atoms in total. The Morgan fingerprint density at radius 3 is 2.41 bits per heavy atom. The second-order valence-electron chi connectivity index (χ2n) is 6.21. The summed E-state index contributed by atoms with van der Waals surface area (Å²) in [5.41, 5.74) is 2.15. The van der Waals surface area contributed by atoms with E-state index in [1.165, 1.54) is 12.1 Å². The van der Waals surface area contributed by atoms with E-state index in [1.54, 1.807) is 24.3 Å². The van der Waals surface area contributed by atoms with Crippen molar-refractivity contribution in [1.82, 2.24) is 4.31 Å². The number of amides is 1. The topological polar surface area (TPSA) is 90.0 Å². The van der Waals surface area contributed by atoms with Gasteiger partial charge in [0.1, 0.15) is 17.3 Å². The van der Waals surface area contributed by atoms with Crippen molar-refractivity contribution < 1.29 is 27.5 Å². The van der Waals surface area contributed by atoms with E-state index >= 15 is 0 Å². The maximum absolute atomic E-state index is 12.4. The molecule has 142 valence electrons. The summed E-state index contributed by atoms with van der Waals surface area (Å²) in [6, 6.07) is 11.6. The molecule has 0 unspecified atom stereocenters. The Kier molecular flexibility index (Phi) is 5.18. The maximum atomic E-state index is 12.4. The van der Waals surface area contributed by atoms with Gasteiger partial charge in [0.05, 0.1) is 12.1 Å². The number of esters is 1. The molecule has 0 radical (unpaired) electrons. The number of fused-ring (bicyclic) bond motifs is 1. The van der Waals surface area contributed by atoms with Crippen LogP contribution in [0.2, 0.25) is 0 Å². The van der Waals surface area contributed by atoms with Crippen LogP contribution in [0.25, 0.3) is 0 Å². The average Bonchev–Trinajstić information content (AvgIpc) is 2.80. The van der Waals surface area contributed by atoms with Gasteiger partial charge in [0.25, 0.3) is 15.9 Å². The van der Waals surface area contributed by atoms with Gasteiger partial charge < -0.3 is 9.47 Å². The molecule has 2 aromatic carbocycles. The fourth-order valence-corrected chi connectivity index (χ4v) is 4.45. The highest BCUT2D eigenvalue weighted by atomic mass is 32.2. The van der Waals surface area contributed by atoms with E-state index < -0.39 is 21.9 Å². The van der Waals surface area contributed by atoms with Gasteiger partial charge >= 0.3 is 5.97 Å². The van der Waals surface area contributed by atoms with E-state index in [0.717, 1.165) is 15.4 Å². The number of hydrogen-bond acceptors (Lipinski definition) is 6. The predicted octanol–water partition coefficient (Wildman–Crippen LogP) is 2.07. The van der Waals surface area contributed by atoms with Gasteiger partial charge in [-0.2, -0.15) is 0 Å². The highest BCUT2D eigenvalue weighted by Crippen LogP contribution is 2.29. The van der Waals surface area contributed by atoms with Crippen LogP contribution in [0.15, 0.2) is 47.4 Å². The Morgan fingerprint density at radius 1 is 1.07 bits per heavy atom. The van der Waals surface area contributed by atoms with Crippen molar-refractivity contribution >= 4 is 21.9 Å². The molecule has 1 aliphatic rings. The molecule has 0 aromatic heterocycles. The molecule has 8 heteroatoms. The Bertz CT molecular complexity index is 979. The number of rotatable bonds is 6. The lowest BCUT2D eigenvalue weighted by molar-refractivity contribution is -0.146. The predicted molar refractivity (Wildman–Crippen MR) is 97.0 cm³/mol. The number of ether oxygens (including phenoxy) is 2. The van der Waals surface area contributed by atoms with Gasteiger partial charge in [-0.25, -0.2) is 17.5 Å². The van der Waals surface area contributed by atoms with Gasteiger partial charge in [0.2, 0.25) is 0 Å². The van der Waals surface area contributed by atoms with Gasteiger partial charge in [-0.1, -0.05) is 18.2 Å². The van der Waals surface area contributed by atoms with E-state index in [4.69, 9.17) is 9.47 Å². The molecule has 0 saturated carbocycles. The highest BCUT2D eigenvalue weighted by molar-refractivity contribution is 7.90. The Balaban J connectivity index is 1.53. The molecule has 1 heterocycles. The van der Waals surface area contributed by atoms with E-state index in [1.807, 2.05) is 19.9 Å². The molecule has 0 aliphatic carbocycles. The fourth-order valence-electron chi connectivity index (χ4n) is 2.89. The molecule has 0 bridgehead atoms. The quantitative estimate of drug-likeness (QED) is 0.703. The molecule has 2 aromatic rings. The Morgan fingerprint density at radius 2 is 1.74 bits per heavy atom. The standard InChI is InChI=1S/C19H19NO6S/c1-13-9-14(2)11-15(10-13)26-12-18(21)25-8-7-20-19(22)16-5-3-4-6-17(16)27(20,23)24/h3-6,9-11H,7-8,12H2,1-2H3. The van der Waals surface area contributed by atoms with Gasteiger partial charge in [-0.15, -0.1) is 0 Å². The van der Waals surface area contributed by atoms with Gasteiger partial charge in [0.15, 0.2) is 6.61 Å². The summed E-state index contributed by atoms with van der Waals surface area (Å²) in [4.78, 5) is 24.0. The highest BCUT2D eigenvalue weighted by Gasteiger charge is 2.40. The van der Waals surface area contributed by atoms with Crippen LogP contribution in [0.1, 0.15) is 21.5 Å². The lowest BCUT2D eigenvalue weighted by atomic mass is 10.1. The molecule has 0 saturated heterocycles. The smallest absolute Gasteiger partial charge is 0.344 e. The first kappa shape index (κ1) is 18.9. The zero-order valence-corrected chi connectivity index (χ0v) is 15.8. The second kappa shape index (κ2) is 7.40. The Hall–Kier alpha value is -2.87. The third-order valence-electron chi connectivity index (χ3n) is 4.02. The summed E-state index contributed by atoms with van der Waals surface area (Å²) < 4.78 is 35.9. The zero-order valence-electron chi connectivity index (χ0n) is 15.0. The maximum Gasteiger partial charge on any atom is 0.344 e. The van der Waals surface area contributed by atoms with Gasteiger partial charge in [-0.3, -0.25) is 4.79 Å². The lowest BCUT2D eigenvalue weighted by Gasteiger charge is -2.15. The number of carbonyl (C=O) groups excluding carboxylic acids is 2. The number of carbonyl (C=O) groups is 2. The summed E-state index contributed by atoms with van der Waals surface area (Å²) >= 11 is 0. The minimum atomic E-state index is -3.90. The number of hydrogen-bond donors (Lipinski definition) is 0. The van der Waals surface area contributed by atoms with Crippen LogP contribution < -0.4 is 4.74 Å². The summed E-state index contributed by atoms with van der Waals surface area (Å²) in [5.74, 6) is -0.707. The van der Waals surface area contributed by atoms with Crippen molar-refractivity contribution in [3.05, 3.63) is 59.2 Å².